The number of hydrogen-bond donors (Lipinski definition) is 0. The van der Waals surface area contributed by atoms with E-state index < -0.39 is 6.10 Å². The summed E-state index contributed by atoms with van der Waals surface area (Å²) in [6, 6.07) is 17.4. The van der Waals surface area contributed by atoms with Gasteiger partial charge in [-0.25, -0.2) is 0 Å². The Morgan fingerprint density at radius 2 is 1.90 bits per heavy atom. The number of methoxy groups -OCH3 is 1. The third-order valence-corrected chi connectivity index (χ3v) is 4.67. The Kier molecular flexibility index (Phi) is 5.29. The Morgan fingerprint density at radius 3 is 2.69 bits per heavy atom. The van der Waals surface area contributed by atoms with Gasteiger partial charge < -0.3 is 18.5 Å². The van der Waals surface area contributed by atoms with Crippen LogP contribution in [0.25, 0.3) is 22.4 Å². The van der Waals surface area contributed by atoms with Gasteiger partial charge in [0.15, 0.2) is 6.10 Å². The minimum Gasteiger partial charge on any atom is -0.497 e. The number of nitrogens with zero attached hydrogens (tertiary/aromatic N) is 3. The summed E-state index contributed by atoms with van der Waals surface area (Å²) in [4.78, 5) is 12.3. The van der Waals surface area contributed by atoms with Gasteiger partial charge in [-0.05, 0) is 48.7 Å². The molecule has 0 saturated heterocycles. The van der Waals surface area contributed by atoms with Crippen molar-refractivity contribution in [3.63, 3.8) is 0 Å². The fourth-order valence-corrected chi connectivity index (χ4v) is 3.10. The highest BCUT2D eigenvalue weighted by Crippen LogP contribution is 2.24. The smallest absolute Gasteiger partial charge is 0.308 e. The van der Waals surface area contributed by atoms with Gasteiger partial charge in [-0.1, -0.05) is 18.2 Å². The molecule has 2 aromatic heterocycles. The second-order valence-electron chi connectivity index (χ2n) is 6.62. The van der Waals surface area contributed by atoms with Gasteiger partial charge in [-0.3, -0.25) is 4.79 Å². The lowest BCUT2D eigenvalue weighted by Crippen LogP contribution is -2.11. The quantitative estimate of drug-likeness (QED) is 0.435. The van der Waals surface area contributed by atoms with Crippen molar-refractivity contribution in [1.29, 1.82) is 0 Å². The lowest BCUT2D eigenvalue weighted by molar-refractivity contribution is -0.149. The number of benzene rings is 2. The lowest BCUT2D eigenvalue weighted by atomic mass is 10.2. The van der Waals surface area contributed by atoms with Crippen molar-refractivity contribution in [2.75, 3.05) is 7.11 Å². The SMILES string of the molecule is COc1ccc(-c2nnc(C(C)OC(=O)CCn3ccc4ccccc43)o2)cc1. The largest absolute Gasteiger partial charge is 0.497 e. The molecule has 0 radical (unpaired) electrons. The van der Waals surface area contributed by atoms with E-state index in [2.05, 4.69) is 10.2 Å². The third kappa shape index (κ3) is 4.13. The molecular formula is C22H21N3O4. The van der Waals surface area contributed by atoms with E-state index in [0.29, 0.717) is 12.4 Å². The molecule has 0 fully saturated rings. The molecule has 0 bridgehead atoms. The van der Waals surface area contributed by atoms with E-state index in [9.17, 15) is 4.79 Å². The first-order valence-electron chi connectivity index (χ1n) is 9.35. The van der Waals surface area contributed by atoms with Crippen molar-refractivity contribution >= 4 is 16.9 Å². The Hall–Kier alpha value is -3.61. The fraction of sp³-hybridized carbons (Fsp3) is 0.227. The number of fused-ring (bicyclic) bond motifs is 1. The first-order valence-corrected chi connectivity index (χ1v) is 9.35. The number of aromatic nitrogens is 3. The van der Waals surface area contributed by atoms with Gasteiger partial charge in [0.05, 0.1) is 13.5 Å². The van der Waals surface area contributed by atoms with E-state index in [0.717, 1.165) is 22.2 Å². The molecule has 0 aliphatic rings. The van der Waals surface area contributed by atoms with Crippen molar-refractivity contribution in [2.24, 2.45) is 0 Å². The molecule has 1 unspecified atom stereocenters. The van der Waals surface area contributed by atoms with E-state index in [1.807, 2.05) is 65.4 Å². The first kappa shape index (κ1) is 18.7. The van der Waals surface area contributed by atoms with Crippen LogP contribution in [-0.4, -0.2) is 27.8 Å². The summed E-state index contributed by atoms with van der Waals surface area (Å²) in [5, 5.41) is 9.19. The fourth-order valence-electron chi connectivity index (χ4n) is 3.10. The van der Waals surface area contributed by atoms with Crippen molar-refractivity contribution < 1.29 is 18.7 Å². The number of carbonyl (C=O) groups is 1. The second-order valence-corrected chi connectivity index (χ2v) is 6.62. The second kappa shape index (κ2) is 8.18. The molecule has 148 valence electrons. The van der Waals surface area contributed by atoms with Gasteiger partial charge in [-0.15, -0.1) is 10.2 Å². The van der Waals surface area contributed by atoms with Crippen LogP contribution in [0.4, 0.5) is 0 Å². The minimum atomic E-state index is -0.622. The predicted octanol–water partition coefficient (Wildman–Crippen LogP) is 4.39. The zero-order valence-corrected chi connectivity index (χ0v) is 16.2. The van der Waals surface area contributed by atoms with Crippen LogP contribution < -0.4 is 4.74 Å². The molecule has 29 heavy (non-hydrogen) atoms. The minimum absolute atomic E-state index is 0.252. The van der Waals surface area contributed by atoms with Gasteiger partial charge in [-0.2, -0.15) is 0 Å². The number of hydrogen-bond acceptors (Lipinski definition) is 6. The molecule has 4 rings (SSSR count). The molecule has 0 spiro atoms. The maximum Gasteiger partial charge on any atom is 0.308 e. The predicted molar refractivity (Wildman–Crippen MR) is 107 cm³/mol. The summed E-state index contributed by atoms with van der Waals surface area (Å²) in [7, 11) is 1.61. The van der Waals surface area contributed by atoms with Crippen LogP contribution >= 0.6 is 0 Å². The van der Waals surface area contributed by atoms with Crippen LogP contribution in [0.5, 0.6) is 5.75 Å². The highest BCUT2D eigenvalue weighted by molar-refractivity contribution is 5.80. The summed E-state index contributed by atoms with van der Waals surface area (Å²) in [6.07, 6.45) is 1.60. The van der Waals surface area contributed by atoms with Crippen LogP contribution in [0.15, 0.2) is 65.2 Å². The van der Waals surface area contributed by atoms with Gasteiger partial charge in [0.25, 0.3) is 5.89 Å². The molecule has 0 amide bonds. The van der Waals surface area contributed by atoms with Gasteiger partial charge in [0.2, 0.25) is 5.89 Å². The van der Waals surface area contributed by atoms with Crippen LogP contribution in [0.3, 0.4) is 0 Å². The topological polar surface area (TPSA) is 79.4 Å². The summed E-state index contributed by atoms with van der Waals surface area (Å²) in [5.41, 5.74) is 1.86. The molecule has 0 saturated carbocycles. The molecule has 2 aromatic carbocycles. The molecule has 2 heterocycles. The Bertz CT molecular complexity index is 1110. The normalized spacial score (nSPS) is 12.1. The standard InChI is InChI=1S/C22H21N3O4/c1-15(21-23-24-22(29-21)17-7-9-18(27-2)10-8-17)28-20(26)12-14-25-13-11-16-5-3-4-6-19(16)25/h3-11,13,15H,12,14H2,1-2H3. The zero-order valence-electron chi connectivity index (χ0n) is 16.2. The first-order chi connectivity index (χ1) is 14.1. The highest BCUT2D eigenvalue weighted by Gasteiger charge is 2.19. The summed E-state index contributed by atoms with van der Waals surface area (Å²) in [6.45, 7) is 2.26. The maximum atomic E-state index is 12.3. The molecule has 7 nitrogen and oxygen atoms in total. The lowest BCUT2D eigenvalue weighted by Gasteiger charge is -2.10. The van der Waals surface area contributed by atoms with E-state index in [-0.39, 0.29) is 18.3 Å². The number of ether oxygens (including phenoxy) is 2. The molecule has 7 heteroatoms. The molecule has 1 atom stereocenters. The van der Waals surface area contributed by atoms with E-state index >= 15 is 0 Å². The van der Waals surface area contributed by atoms with Crippen molar-refractivity contribution in [3.8, 4) is 17.2 Å². The molecule has 0 aliphatic carbocycles. The van der Waals surface area contributed by atoms with E-state index in [4.69, 9.17) is 13.9 Å². The number of carbonyl (C=O) groups excluding carboxylic acids is 1. The average Bonchev–Trinajstić information content (AvgIpc) is 3.40. The number of aryl methyl sites for hydroxylation is 1. The van der Waals surface area contributed by atoms with E-state index in [1.165, 1.54) is 0 Å². The Morgan fingerprint density at radius 1 is 1.10 bits per heavy atom. The maximum absolute atomic E-state index is 12.3. The molecule has 0 aliphatic heterocycles. The summed E-state index contributed by atoms with van der Waals surface area (Å²) < 4.78 is 18.3. The number of para-hydroxylation sites is 1. The van der Waals surface area contributed by atoms with Crippen LogP contribution in [0.1, 0.15) is 25.3 Å². The van der Waals surface area contributed by atoms with Crippen LogP contribution in [-0.2, 0) is 16.1 Å². The Labute approximate surface area is 167 Å². The number of rotatable bonds is 7. The molecule has 4 aromatic rings. The van der Waals surface area contributed by atoms with Crippen LogP contribution in [0.2, 0.25) is 0 Å². The zero-order chi connectivity index (χ0) is 20.2. The monoisotopic (exact) mass is 391 g/mol. The highest BCUT2D eigenvalue weighted by atomic mass is 16.6. The number of esters is 1. The van der Waals surface area contributed by atoms with Gasteiger partial charge in [0, 0.05) is 23.8 Å². The van der Waals surface area contributed by atoms with Crippen LogP contribution in [0, 0.1) is 0 Å². The van der Waals surface area contributed by atoms with E-state index in [1.54, 1.807) is 14.0 Å². The summed E-state index contributed by atoms with van der Waals surface area (Å²) >= 11 is 0. The van der Waals surface area contributed by atoms with Crippen molar-refractivity contribution in [3.05, 3.63) is 66.7 Å². The van der Waals surface area contributed by atoms with Crippen molar-refractivity contribution in [2.45, 2.75) is 26.0 Å². The molecule has 0 N–H and O–H groups in total. The van der Waals surface area contributed by atoms with Gasteiger partial charge in [0.1, 0.15) is 5.75 Å². The Balaban J connectivity index is 1.35. The summed E-state index contributed by atoms with van der Waals surface area (Å²) in [5.74, 6) is 1.05. The van der Waals surface area contributed by atoms with Gasteiger partial charge >= 0.3 is 5.97 Å². The van der Waals surface area contributed by atoms with Crippen molar-refractivity contribution in [1.82, 2.24) is 14.8 Å². The molecular weight excluding hydrogens is 370 g/mol. The average molecular weight is 391 g/mol. The third-order valence-electron chi connectivity index (χ3n) is 4.67.